The minimum Gasteiger partial charge on any atom is -0.320 e. The quantitative estimate of drug-likeness (QED) is 0.781. The molecular weight excluding hydrogens is 204 g/mol. The molecule has 80 valence electrons. The van der Waals surface area contributed by atoms with Crippen LogP contribution in [-0.4, -0.2) is 27.8 Å². The lowest BCUT2D eigenvalue weighted by Gasteiger charge is -1.95. The molecule has 0 fully saturated rings. The Morgan fingerprint density at radius 3 is 2.75 bits per heavy atom. The number of nitrogens with one attached hydrogen (secondary N) is 1. The van der Waals surface area contributed by atoms with Crippen LogP contribution in [0.2, 0.25) is 0 Å². The number of aliphatic imine (C=N–C) groups is 1. The molecule has 1 aromatic heterocycles. The number of H-pyrrole nitrogens is 1. The fourth-order valence-corrected chi connectivity index (χ4v) is 1.34. The van der Waals surface area contributed by atoms with Gasteiger partial charge in [0.2, 0.25) is 5.82 Å². The highest BCUT2D eigenvalue weighted by molar-refractivity contribution is 5.93. The van der Waals surface area contributed by atoms with Crippen molar-refractivity contribution in [1.82, 2.24) is 15.2 Å². The molecule has 0 spiro atoms. The Bertz CT molecular complexity index is 504. The van der Waals surface area contributed by atoms with E-state index in [9.17, 15) is 4.79 Å². The minimum absolute atomic E-state index is 0.126. The van der Waals surface area contributed by atoms with Crippen LogP contribution < -0.4 is 0 Å². The highest BCUT2D eigenvalue weighted by Gasteiger charge is 2.09. The second-order valence-electron chi connectivity index (χ2n) is 3.25. The van der Waals surface area contributed by atoms with Crippen molar-refractivity contribution in [2.75, 3.05) is 0 Å². The normalized spacial score (nSPS) is 10.0. The van der Waals surface area contributed by atoms with Gasteiger partial charge in [-0.15, -0.1) is 10.2 Å². The number of aromatic amines is 1. The average molecular weight is 214 g/mol. The first-order valence-electron chi connectivity index (χ1n) is 4.76. The zero-order chi connectivity index (χ0) is 11.4. The third-order valence-corrected chi connectivity index (χ3v) is 2.09. The standard InChI is InChI=1S/C11H10N4O/c1-12-11(16)10-13-9(14-15-10)7-8-5-3-2-4-6-8/h2-6H,1,7H2,(H,13,14,15). The summed E-state index contributed by atoms with van der Waals surface area (Å²) in [5, 5.41) is 7.56. The van der Waals surface area contributed by atoms with Crippen LogP contribution in [0.3, 0.4) is 0 Å². The van der Waals surface area contributed by atoms with Gasteiger partial charge in [0, 0.05) is 6.42 Å². The maximum Gasteiger partial charge on any atom is 0.314 e. The van der Waals surface area contributed by atoms with Crippen LogP contribution in [0, 0.1) is 0 Å². The van der Waals surface area contributed by atoms with E-state index in [0.717, 1.165) is 5.56 Å². The predicted octanol–water partition coefficient (Wildman–Crippen LogP) is 1.24. The fraction of sp³-hybridized carbons (Fsp3) is 0.0909. The van der Waals surface area contributed by atoms with Gasteiger partial charge < -0.3 is 4.98 Å². The highest BCUT2D eigenvalue weighted by atomic mass is 16.1. The van der Waals surface area contributed by atoms with Crippen LogP contribution in [0.15, 0.2) is 35.3 Å². The number of hydrogen-bond acceptors (Lipinski definition) is 3. The lowest BCUT2D eigenvalue weighted by atomic mass is 10.1. The number of aromatic nitrogens is 3. The van der Waals surface area contributed by atoms with Crippen molar-refractivity contribution >= 4 is 12.6 Å². The largest absolute Gasteiger partial charge is 0.320 e. The molecule has 0 aliphatic carbocycles. The van der Waals surface area contributed by atoms with Crippen molar-refractivity contribution in [2.24, 2.45) is 4.99 Å². The number of benzene rings is 1. The second kappa shape index (κ2) is 4.48. The number of rotatable bonds is 3. The summed E-state index contributed by atoms with van der Waals surface area (Å²) < 4.78 is 0. The van der Waals surface area contributed by atoms with Crippen molar-refractivity contribution in [3.05, 3.63) is 47.5 Å². The van der Waals surface area contributed by atoms with Crippen molar-refractivity contribution in [2.45, 2.75) is 6.42 Å². The van der Waals surface area contributed by atoms with E-state index in [1.165, 1.54) is 0 Å². The van der Waals surface area contributed by atoms with E-state index in [-0.39, 0.29) is 5.82 Å². The molecule has 1 amide bonds. The van der Waals surface area contributed by atoms with E-state index in [2.05, 4.69) is 26.9 Å². The third kappa shape index (κ3) is 2.20. The molecule has 0 saturated carbocycles. The molecule has 1 heterocycles. The van der Waals surface area contributed by atoms with Gasteiger partial charge in [0.25, 0.3) is 0 Å². The lowest BCUT2D eigenvalue weighted by Crippen LogP contribution is -1.97. The minimum atomic E-state index is -0.494. The molecule has 0 radical (unpaired) electrons. The van der Waals surface area contributed by atoms with Crippen LogP contribution in [0.4, 0.5) is 0 Å². The number of carbonyl (C=O) groups excluding carboxylic acids is 1. The second-order valence-corrected chi connectivity index (χ2v) is 3.25. The van der Waals surface area contributed by atoms with Crippen molar-refractivity contribution in [3.63, 3.8) is 0 Å². The summed E-state index contributed by atoms with van der Waals surface area (Å²) >= 11 is 0. The molecule has 0 unspecified atom stereocenters. The maximum absolute atomic E-state index is 11.1. The Morgan fingerprint density at radius 2 is 2.06 bits per heavy atom. The zero-order valence-corrected chi connectivity index (χ0v) is 8.55. The van der Waals surface area contributed by atoms with Crippen LogP contribution in [0.5, 0.6) is 0 Å². The van der Waals surface area contributed by atoms with Gasteiger partial charge in [-0.2, -0.15) is 0 Å². The number of carbonyl (C=O) groups is 1. The van der Waals surface area contributed by atoms with Crippen LogP contribution in [0.1, 0.15) is 22.0 Å². The summed E-state index contributed by atoms with van der Waals surface area (Å²) in [6.07, 6.45) is 0.609. The molecule has 0 saturated heterocycles. The number of hydrogen-bond donors (Lipinski definition) is 1. The van der Waals surface area contributed by atoms with E-state index in [4.69, 9.17) is 0 Å². The van der Waals surface area contributed by atoms with Gasteiger partial charge in [-0.1, -0.05) is 30.3 Å². The van der Waals surface area contributed by atoms with E-state index in [1.807, 2.05) is 30.3 Å². The predicted molar refractivity (Wildman–Crippen MR) is 59.5 cm³/mol. The summed E-state index contributed by atoms with van der Waals surface area (Å²) in [6.45, 7) is 3.14. The highest BCUT2D eigenvalue weighted by Crippen LogP contribution is 2.05. The Hall–Kier alpha value is -2.30. The first-order valence-corrected chi connectivity index (χ1v) is 4.76. The molecule has 5 heteroatoms. The van der Waals surface area contributed by atoms with Gasteiger partial charge in [0.15, 0.2) is 0 Å². The molecule has 2 aromatic rings. The van der Waals surface area contributed by atoms with Crippen LogP contribution >= 0.6 is 0 Å². The van der Waals surface area contributed by atoms with Gasteiger partial charge in [0.05, 0.1) is 0 Å². The topological polar surface area (TPSA) is 71.0 Å². The summed E-state index contributed by atoms with van der Waals surface area (Å²) in [4.78, 5) is 17.2. The molecule has 2 rings (SSSR count). The number of amides is 1. The lowest BCUT2D eigenvalue weighted by molar-refractivity contribution is 0.0994. The van der Waals surface area contributed by atoms with E-state index >= 15 is 0 Å². The van der Waals surface area contributed by atoms with Crippen molar-refractivity contribution in [3.8, 4) is 0 Å². The Balaban J connectivity index is 2.14. The summed E-state index contributed by atoms with van der Waals surface area (Å²) in [6, 6.07) is 9.80. The molecule has 0 aliphatic rings. The summed E-state index contributed by atoms with van der Waals surface area (Å²) in [7, 11) is 0. The molecule has 0 aliphatic heterocycles. The Labute approximate surface area is 92.3 Å². The Kier molecular flexibility index (Phi) is 2.86. The van der Waals surface area contributed by atoms with Crippen LogP contribution in [-0.2, 0) is 6.42 Å². The summed E-state index contributed by atoms with van der Waals surface area (Å²) in [5.74, 6) is 0.269. The SMILES string of the molecule is C=NC(=O)c1nnc(Cc2ccccc2)[nH]1. The Morgan fingerprint density at radius 1 is 1.31 bits per heavy atom. The molecule has 0 atom stereocenters. The van der Waals surface area contributed by atoms with Crippen molar-refractivity contribution in [1.29, 1.82) is 0 Å². The van der Waals surface area contributed by atoms with E-state index < -0.39 is 5.91 Å². The average Bonchev–Trinajstić information content (AvgIpc) is 2.78. The van der Waals surface area contributed by atoms with Gasteiger partial charge >= 0.3 is 5.91 Å². The molecule has 16 heavy (non-hydrogen) atoms. The smallest absolute Gasteiger partial charge is 0.314 e. The van der Waals surface area contributed by atoms with Crippen LogP contribution in [0.25, 0.3) is 0 Å². The van der Waals surface area contributed by atoms with Gasteiger partial charge in [-0.3, -0.25) is 4.79 Å². The summed E-state index contributed by atoms with van der Waals surface area (Å²) in [5.41, 5.74) is 1.10. The maximum atomic E-state index is 11.1. The van der Waals surface area contributed by atoms with Gasteiger partial charge in [-0.05, 0) is 12.3 Å². The zero-order valence-electron chi connectivity index (χ0n) is 8.55. The molecule has 0 bridgehead atoms. The fourth-order valence-electron chi connectivity index (χ4n) is 1.34. The number of nitrogens with zero attached hydrogens (tertiary/aromatic N) is 3. The van der Waals surface area contributed by atoms with Gasteiger partial charge in [0.1, 0.15) is 5.82 Å². The van der Waals surface area contributed by atoms with Crippen molar-refractivity contribution < 1.29 is 4.79 Å². The molecule has 1 aromatic carbocycles. The third-order valence-electron chi connectivity index (χ3n) is 2.09. The first kappa shape index (κ1) is 10.2. The van der Waals surface area contributed by atoms with E-state index in [0.29, 0.717) is 12.2 Å². The first-order chi connectivity index (χ1) is 7.79. The molecule has 1 N–H and O–H groups in total. The monoisotopic (exact) mass is 214 g/mol. The molecule has 5 nitrogen and oxygen atoms in total. The molecular formula is C11H10N4O. The van der Waals surface area contributed by atoms with E-state index in [1.54, 1.807) is 0 Å². The van der Waals surface area contributed by atoms with Gasteiger partial charge in [-0.25, -0.2) is 4.99 Å².